The van der Waals surface area contributed by atoms with Gasteiger partial charge in [-0.15, -0.1) is 0 Å². The SMILES string of the molecule is CC(C)CC(N)C(=O)N1CCN(c2ccc(Nc3ncc4c(n3)C(C(C)C)C(=O)CC4)cc2)CC1. The third-order valence-electron chi connectivity index (χ3n) is 6.97. The molecule has 1 aromatic carbocycles. The Hall–Kier alpha value is -3.00. The first-order valence-electron chi connectivity index (χ1n) is 12.8. The maximum atomic E-state index is 12.6. The number of aryl methyl sites for hydroxylation is 1. The van der Waals surface area contributed by atoms with Crippen molar-refractivity contribution in [2.45, 2.75) is 58.9 Å². The summed E-state index contributed by atoms with van der Waals surface area (Å²) in [5.74, 6) is 1.31. The minimum absolute atomic E-state index is 0.0596. The highest BCUT2D eigenvalue weighted by Crippen LogP contribution is 2.33. The number of nitrogens with two attached hydrogens (primary N) is 1. The zero-order valence-electron chi connectivity index (χ0n) is 21.3. The molecule has 2 atom stereocenters. The molecule has 188 valence electrons. The topological polar surface area (TPSA) is 104 Å². The van der Waals surface area contributed by atoms with Crippen LogP contribution in [0.4, 0.5) is 17.3 Å². The van der Waals surface area contributed by atoms with E-state index >= 15 is 0 Å². The number of ketones is 1. The van der Waals surface area contributed by atoms with E-state index in [9.17, 15) is 9.59 Å². The average molecular weight is 479 g/mol. The highest BCUT2D eigenvalue weighted by Gasteiger charge is 2.32. The average Bonchev–Trinajstić information content (AvgIpc) is 2.83. The second kappa shape index (κ2) is 10.7. The summed E-state index contributed by atoms with van der Waals surface area (Å²) in [6.07, 6.45) is 3.86. The number of carbonyl (C=O) groups excluding carboxylic acids is 2. The van der Waals surface area contributed by atoms with E-state index in [0.29, 0.717) is 31.4 Å². The number of fused-ring (bicyclic) bond motifs is 1. The highest BCUT2D eigenvalue weighted by molar-refractivity contribution is 5.87. The van der Waals surface area contributed by atoms with Crippen LogP contribution in [0.3, 0.4) is 0 Å². The van der Waals surface area contributed by atoms with Gasteiger partial charge >= 0.3 is 0 Å². The molecular weight excluding hydrogens is 440 g/mol. The van der Waals surface area contributed by atoms with Gasteiger partial charge in [-0.05, 0) is 54.5 Å². The molecule has 2 heterocycles. The largest absolute Gasteiger partial charge is 0.368 e. The molecule has 4 rings (SSSR count). The van der Waals surface area contributed by atoms with Crippen LogP contribution in [-0.2, 0) is 16.0 Å². The molecule has 2 unspecified atom stereocenters. The number of anilines is 3. The summed E-state index contributed by atoms with van der Waals surface area (Å²) in [7, 11) is 0. The smallest absolute Gasteiger partial charge is 0.239 e. The Labute approximate surface area is 208 Å². The third-order valence-corrected chi connectivity index (χ3v) is 6.97. The Bertz CT molecular complexity index is 1040. The van der Waals surface area contributed by atoms with Crippen LogP contribution >= 0.6 is 0 Å². The molecule has 35 heavy (non-hydrogen) atoms. The van der Waals surface area contributed by atoms with Crippen molar-refractivity contribution in [2.24, 2.45) is 17.6 Å². The number of hydrogen-bond donors (Lipinski definition) is 2. The van der Waals surface area contributed by atoms with E-state index in [-0.39, 0.29) is 23.5 Å². The Morgan fingerprint density at radius 2 is 1.77 bits per heavy atom. The minimum Gasteiger partial charge on any atom is -0.368 e. The van der Waals surface area contributed by atoms with Crippen molar-refractivity contribution in [3.63, 3.8) is 0 Å². The number of carbonyl (C=O) groups is 2. The fraction of sp³-hybridized carbons (Fsp3) is 0.556. The maximum absolute atomic E-state index is 12.6. The standard InChI is InChI=1S/C27H38N6O2/c1-17(2)15-22(28)26(35)33-13-11-32(12-14-33)21-8-6-20(7-9-21)30-27-29-16-19-5-10-23(34)24(18(3)4)25(19)31-27/h6-9,16-18,22,24H,5,10-15,28H2,1-4H3,(H,29,30,31). The number of hydrogen-bond acceptors (Lipinski definition) is 7. The first kappa shape index (κ1) is 25.1. The van der Waals surface area contributed by atoms with Crippen molar-refractivity contribution in [3.8, 4) is 0 Å². The second-order valence-corrected chi connectivity index (χ2v) is 10.5. The van der Waals surface area contributed by atoms with Crippen LogP contribution < -0.4 is 16.0 Å². The van der Waals surface area contributed by atoms with Gasteiger partial charge in [-0.1, -0.05) is 27.7 Å². The van der Waals surface area contributed by atoms with E-state index in [1.165, 1.54) is 0 Å². The number of Topliss-reactive ketones (excluding diaryl/α,β-unsaturated/α-hetero) is 1. The Morgan fingerprint density at radius 1 is 1.09 bits per heavy atom. The van der Waals surface area contributed by atoms with Gasteiger partial charge in [0.1, 0.15) is 5.78 Å². The van der Waals surface area contributed by atoms with Crippen molar-refractivity contribution in [2.75, 3.05) is 36.4 Å². The predicted molar refractivity (Wildman–Crippen MR) is 139 cm³/mol. The van der Waals surface area contributed by atoms with E-state index in [4.69, 9.17) is 10.7 Å². The lowest BCUT2D eigenvalue weighted by Gasteiger charge is -2.37. The highest BCUT2D eigenvalue weighted by atomic mass is 16.2. The Morgan fingerprint density at radius 3 is 2.40 bits per heavy atom. The number of nitrogens with one attached hydrogen (secondary N) is 1. The summed E-state index contributed by atoms with van der Waals surface area (Å²) in [5, 5.41) is 3.29. The molecule has 1 saturated heterocycles. The lowest BCUT2D eigenvalue weighted by atomic mass is 9.79. The fourth-order valence-corrected chi connectivity index (χ4v) is 5.11. The third kappa shape index (κ3) is 5.81. The number of benzene rings is 1. The summed E-state index contributed by atoms with van der Waals surface area (Å²) in [4.78, 5) is 38.5. The molecule has 2 aromatic rings. The molecule has 1 aromatic heterocycles. The van der Waals surface area contributed by atoms with Gasteiger partial charge in [0.05, 0.1) is 17.7 Å². The quantitative estimate of drug-likeness (QED) is 0.628. The molecule has 8 heteroatoms. The van der Waals surface area contributed by atoms with E-state index in [0.717, 1.165) is 48.6 Å². The first-order valence-corrected chi connectivity index (χ1v) is 12.8. The van der Waals surface area contributed by atoms with Crippen LogP contribution in [0.25, 0.3) is 0 Å². The minimum atomic E-state index is -0.411. The van der Waals surface area contributed by atoms with Crippen LogP contribution in [0.2, 0.25) is 0 Å². The molecule has 0 spiro atoms. The summed E-state index contributed by atoms with van der Waals surface area (Å²) in [5.41, 5.74) is 10.1. The zero-order chi connectivity index (χ0) is 25.1. The zero-order valence-corrected chi connectivity index (χ0v) is 21.3. The number of aromatic nitrogens is 2. The molecule has 1 fully saturated rings. The summed E-state index contributed by atoms with van der Waals surface area (Å²) >= 11 is 0. The summed E-state index contributed by atoms with van der Waals surface area (Å²) < 4.78 is 0. The van der Waals surface area contributed by atoms with Crippen molar-refractivity contribution in [3.05, 3.63) is 41.7 Å². The van der Waals surface area contributed by atoms with Gasteiger partial charge in [0.2, 0.25) is 11.9 Å². The number of amides is 1. The summed E-state index contributed by atoms with van der Waals surface area (Å²) in [6, 6.07) is 7.76. The predicted octanol–water partition coefficient (Wildman–Crippen LogP) is 3.50. The molecule has 0 bridgehead atoms. The molecule has 1 aliphatic carbocycles. The molecule has 0 saturated carbocycles. The molecule has 0 radical (unpaired) electrons. The molecule has 3 N–H and O–H groups in total. The molecule has 2 aliphatic rings. The van der Waals surface area contributed by atoms with Crippen molar-refractivity contribution in [1.82, 2.24) is 14.9 Å². The number of rotatable bonds is 7. The monoisotopic (exact) mass is 478 g/mol. The molecule has 1 aliphatic heterocycles. The van der Waals surface area contributed by atoms with Crippen LogP contribution in [0.1, 0.15) is 57.7 Å². The Kier molecular flexibility index (Phi) is 7.69. The van der Waals surface area contributed by atoms with Crippen molar-refractivity contribution >= 4 is 29.0 Å². The Balaban J connectivity index is 1.37. The van der Waals surface area contributed by atoms with Gasteiger partial charge in [0, 0.05) is 50.2 Å². The molecule has 8 nitrogen and oxygen atoms in total. The molecular formula is C27H38N6O2. The van der Waals surface area contributed by atoms with Gasteiger partial charge in [-0.3, -0.25) is 9.59 Å². The fourth-order valence-electron chi connectivity index (χ4n) is 5.11. The van der Waals surface area contributed by atoms with Crippen LogP contribution in [0.15, 0.2) is 30.5 Å². The van der Waals surface area contributed by atoms with Crippen molar-refractivity contribution < 1.29 is 9.59 Å². The van der Waals surface area contributed by atoms with Gasteiger partial charge in [0.15, 0.2) is 0 Å². The normalized spacial score (nSPS) is 19.2. The van der Waals surface area contributed by atoms with Crippen LogP contribution in [0, 0.1) is 11.8 Å². The van der Waals surface area contributed by atoms with E-state index < -0.39 is 6.04 Å². The molecule has 1 amide bonds. The second-order valence-electron chi connectivity index (χ2n) is 10.5. The lowest BCUT2D eigenvalue weighted by molar-refractivity contribution is -0.133. The lowest BCUT2D eigenvalue weighted by Crippen LogP contribution is -2.53. The van der Waals surface area contributed by atoms with E-state index in [1.807, 2.05) is 23.2 Å². The van der Waals surface area contributed by atoms with Crippen LogP contribution in [-0.4, -0.2) is 58.8 Å². The number of nitrogens with zero attached hydrogens (tertiary/aromatic N) is 4. The van der Waals surface area contributed by atoms with E-state index in [1.54, 1.807) is 0 Å². The van der Waals surface area contributed by atoms with Gasteiger partial charge in [-0.2, -0.15) is 0 Å². The van der Waals surface area contributed by atoms with Gasteiger partial charge in [0.25, 0.3) is 0 Å². The van der Waals surface area contributed by atoms with Gasteiger partial charge in [-0.25, -0.2) is 9.97 Å². The van der Waals surface area contributed by atoms with Gasteiger partial charge < -0.3 is 20.9 Å². The van der Waals surface area contributed by atoms with Crippen molar-refractivity contribution in [1.29, 1.82) is 0 Å². The number of piperazine rings is 1. The first-order chi connectivity index (χ1) is 16.7. The van der Waals surface area contributed by atoms with Crippen LogP contribution in [0.5, 0.6) is 0 Å². The van der Waals surface area contributed by atoms with E-state index in [2.05, 4.69) is 55.0 Å². The maximum Gasteiger partial charge on any atom is 0.239 e. The summed E-state index contributed by atoms with van der Waals surface area (Å²) in [6.45, 7) is 11.3.